The highest BCUT2D eigenvalue weighted by Crippen LogP contribution is 2.14. The lowest BCUT2D eigenvalue weighted by Crippen LogP contribution is -2.48. The molecule has 5 nitrogen and oxygen atoms in total. The Labute approximate surface area is 128 Å². The summed E-state index contributed by atoms with van der Waals surface area (Å²) in [5.41, 5.74) is 1.12. The maximum Gasteiger partial charge on any atom is 0.0965 e. The molecule has 1 aliphatic rings. The highest BCUT2D eigenvalue weighted by atomic mass is 16.6. The summed E-state index contributed by atoms with van der Waals surface area (Å²) in [6, 6.07) is 2.84. The van der Waals surface area contributed by atoms with Crippen LogP contribution in [-0.4, -0.2) is 48.3 Å². The molecular formula is C16H29N3O2. The van der Waals surface area contributed by atoms with Gasteiger partial charge in [-0.05, 0) is 32.4 Å². The molecule has 0 aromatic carbocycles. The first-order chi connectivity index (χ1) is 10.2. The first-order valence-electron chi connectivity index (χ1n) is 8.21. The lowest BCUT2D eigenvalue weighted by atomic mass is 10.1. The third-order valence-corrected chi connectivity index (χ3v) is 4.08. The number of nitrogens with zero attached hydrogens (tertiary/aromatic N) is 2. The van der Waals surface area contributed by atoms with Crippen LogP contribution < -0.4 is 5.32 Å². The SMILES string of the molecule is CCCNC(Cc1ccn(C(C)CC)n1)C1COCCO1. The predicted molar refractivity (Wildman–Crippen MR) is 83.6 cm³/mol. The Balaban J connectivity index is 1.98. The maximum atomic E-state index is 5.86. The van der Waals surface area contributed by atoms with Gasteiger partial charge >= 0.3 is 0 Å². The van der Waals surface area contributed by atoms with E-state index in [4.69, 9.17) is 14.6 Å². The molecule has 1 N–H and O–H groups in total. The van der Waals surface area contributed by atoms with Crippen molar-refractivity contribution in [3.8, 4) is 0 Å². The zero-order valence-electron chi connectivity index (χ0n) is 13.5. The summed E-state index contributed by atoms with van der Waals surface area (Å²) in [4.78, 5) is 0. The van der Waals surface area contributed by atoms with Gasteiger partial charge in [0.15, 0.2) is 0 Å². The number of hydrogen-bond donors (Lipinski definition) is 1. The number of nitrogens with one attached hydrogen (secondary N) is 1. The Morgan fingerprint density at radius 1 is 1.43 bits per heavy atom. The summed E-state index contributed by atoms with van der Waals surface area (Å²) in [7, 11) is 0. The molecule has 1 fully saturated rings. The average Bonchev–Trinajstić information content (AvgIpc) is 3.00. The van der Waals surface area contributed by atoms with Crippen molar-refractivity contribution in [3.05, 3.63) is 18.0 Å². The van der Waals surface area contributed by atoms with Crippen molar-refractivity contribution in [2.24, 2.45) is 0 Å². The van der Waals surface area contributed by atoms with Crippen molar-refractivity contribution < 1.29 is 9.47 Å². The third-order valence-electron chi connectivity index (χ3n) is 4.08. The second-order valence-electron chi connectivity index (χ2n) is 5.79. The van der Waals surface area contributed by atoms with Crippen LogP contribution in [-0.2, 0) is 15.9 Å². The van der Waals surface area contributed by atoms with E-state index in [1.807, 2.05) is 0 Å². The second kappa shape index (κ2) is 8.51. The Morgan fingerprint density at radius 3 is 2.95 bits per heavy atom. The summed E-state index contributed by atoms with van der Waals surface area (Å²) in [5.74, 6) is 0. The zero-order valence-corrected chi connectivity index (χ0v) is 13.5. The van der Waals surface area contributed by atoms with E-state index in [1.54, 1.807) is 0 Å². The Bertz CT molecular complexity index is 402. The number of hydrogen-bond acceptors (Lipinski definition) is 4. The van der Waals surface area contributed by atoms with E-state index in [9.17, 15) is 0 Å². The van der Waals surface area contributed by atoms with Crippen molar-refractivity contribution in [2.45, 2.75) is 58.2 Å². The van der Waals surface area contributed by atoms with Crippen molar-refractivity contribution in [3.63, 3.8) is 0 Å². The van der Waals surface area contributed by atoms with E-state index < -0.39 is 0 Å². The minimum Gasteiger partial charge on any atom is -0.376 e. The Morgan fingerprint density at radius 2 is 2.29 bits per heavy atom. The van der Waals surface area contributed by atoms with Crippen LogP contribution >= 0.6 is 0 Å². The highest BCUT2D eigenvalue weighted by Gasteiger charge is 2.25. The molecule has 1 aromatic heterocycles. The largest absolute Gasteiger partial charge is 0.376 e. The van der Waals surface area contributed by atoms with E-state index in [-0.39, 0.29) is 12.1 Å². The number of aromatic nitrogens is 2. The van der Waals surface area contributed by atoms with Gasteiger partial charge in [0.1, 0.15) is 0 Å². The van der Waals surface area contributed by atoms with Crippen LogP contribution in [0.25, 0.3) is 0 Å². The fourth-order valence-corrected chi connectivity index (χ4v) is 2.55. The molecular weight excluding hydrogens is 266 g/mol. The van der Waals surface area contributed by atoms with Gasteiger partial charge in [0.2, 0.25) is 0 Å². The van der Waals surface area contributed by atoms with Gasteiger partial charge in [-0.25, -0.2) is 0 Å². The van der Waals surface area contributed by atoms with Gasteiger partial charge in [0.05, 0.1) is 31.6 Å². The molecule has 0 radical (unpaired) electrons. The maximum absolute atomic E-state index is 5.86. The van der Waals surface area contributed by atoms with E-state index in [0.29, 0.717) is 25.9 Å². The fraction of sp³-hybridized carbons (Fsp3) is 0.812. The van der Waals surface area contributed by atoms with Gasteiger partial charge in [-0.2, -0.15) is 5.10 Å². The Hall–Kier alpha value is -0.910. The standard InChI is InChI=1S/C16H29N3O2/c1-4-7-17-15(16-12-20-9-10-21-16)11-14-6-8-19(18-14)13(3)5-2/h6,8,13,15-17H,4-5,7,9-12H2,1-3H3. The summed E-state index contributed by atoms with van der Waals surface area (Å²) < 4.78 is 13.5. The van der Waals surface area contributed by atoms with Crippen LogP contribution in [0.2, 0.25) is 0 Å². The fourth-order valence-electron chi connectivity index (χ4n) is 2.55. The number of ether oxygens (including phenoxy) is 2. The van der Waals surface area contributed by atoms with Crippen molar-refractivity contribution in [1.82, 2.24) is 15.1 Å². The summed E-state index contributed by atoms with van der Waals surface area (Å²) in [5, 5.41) is 8.29. The Kier molecular flexibility index (Phi) is 6.67. The van der Waals surface area contributed by atoms with Gasteiger partial charge in [0, 0.05) is 24.7 Å². The van der Waals surface area contributed by atoms with Gasteiger partial charge < -0.3 is 14.8 Å². The smallest absolute Gasteiger partial charge is 0.0965 e. The van der Waals surface area contributed by atoms with Crippen molar-refractivity contribution in [1.29, 1.82) is 0 Å². The van der Waals surface area contributed by atoms with Crippen molar-refractivity contribution >= 4 is 0 Å². The van der Waals surface area contributed by atoms with Crippen LogP contribution in [0.4, 0.5) is 0 Å². The first kappa shape index (κ1) is 16.5. The first-order valence-corrected chi connectivity index (χ1v) is 8.21. The molecule has 0 aliphatic carbocycles. The predicted octanol–water partition coefficient (Wildman–Crippen LogP) is 2.18. The lowest BCUT2D eigenvalue weighted by molar-refractivity contribution is -0.101. The average molecular weight is 295 g/mol. The van der Waals surface area contributed by atoms with Gasteiger partial charge in [-0.1, -0.05) is 13.8 Å². The van der Waals surface area contributed by atoms with Crippen LogP contribution in [0.1, 0.15) is 45.3 Å². The highest BCUT2D eigenvalue weighted by molar-refractivity contribution is 5.03. The van der Waals surface area contributed by atoms with Crippen LogP contribution in [0.5, 0.6) is 0 Å². The second-order valence-corrected chi connectivity index (χ2v) is 5.79. The van der Waals surface area contributed by atoms with Gasteiger partial charge in [0.25, 0.3) is 0 Å². The molecule has 120 valence electrons. The van der Waals surface area contributed by atoms with E-state index in [2.05, 4.69) is 43.0 Å². The molecule has 21 heavy (non-hydrogen) atoms. The van der Waals surface area contributed by atoms with Gasteiger partial charge in [-0.15, -0.1) is 0 Å². The quantitative estimate of drug-likeness (QED) is 0.798. The minimum absolute atomic E-state index is 0.124. The zero-order chi connectivity index (χ0) is 15.1. The molecule has 1 aromatic rings. The minimum atomic E-state index is 0.124. The summed E-state index contributed by atoms with van der Waals surface area (Å²) in [6.45, 7) is 9.63. The molecule has 5 heteroatoms. The molecule has 0 saturated carbocycles. The molecule has 3 atom stereocenters. The number of rotatable bonds is 8. The summed E-state index contributed by atoms with van der Waals surface area (Å²) >= 11 is 0. The molecule has 1 saturated heterocycles. The van der Waals surface area contributed by atoms with Crippen LogP contribution in [0.15, 0.2) is 12.3 Å². The normalized spacial score (nSPS) is 22.1. The van der Waals surface area contributed by atoms with Crippen LogP contribution in [0, 0.1) is 0 Å². The van der Waals surface area contributed by atoms with E-state index >= 15 is 0 Å². The lowest BCUT2D eigenvalue weighted by Gasteiger charge is -2.30. The van der Waals surface area contributed by atoms with E-state index in [0.717, 1.165) is 31.5 Å². The van der Waals surface area contributed by atoms with E-state index in [1.165, 1.54) is 0 Å². The summed E-state index contributed by atoms with van der Waals surface area (Å²) in [6.07, 6.45) is 5.30. The van der Waals surface area contributed by atoms with Crippen LogP contribution in [0.3, 0.4) is 0 Å². The molecule has 3 unspecified atom stereocenters. The third kappa shape index (κ3) is 4.80. The molecule has 0 amide bonds. The molecule has 0 spiro atoms. The van der Waals surface area contributed by atoms with Crippen molar-refractivity contribution in [2.75, 3.05) is 26.4 Å². The molecule has 1 aliphatic heterocycles. The molecule has 0 bridgehead atoms. The van der Waals surface area contributed by atoms with Gasteiger partial charge in [-0.3, -0.25) is 4.68 Å². The monoisotopic (exact) mass is 295 g/mol. The molecule has 2 rings (SSSR count). The molecule has 2 heterocycles. The topological polar surface area (TPSA) is 48.3 Å².